The standard InChI is InChI=1S/C34H51NO7/c1-40-30-22-23-31-29(28-30)18-17-25-35(31)24-14-8-2-6-12-20-33(38)42-27-16-10-4-7-13-21-34(39)41-26-15-9-3-5-11-19-32(36)37/h17-18,22-23,25,28H,2-16,19-21,24,26-27H2,1H3/p+1. The third-order valence-corrected chi connectivity index (χ3v) is 7.45. The van der Waals surface area contributed by atoms with E-state index in [4.69, 9.17) is 19.3 Å². The van der Waals surface area contributed by atoms with Gasteiger partial charge in [-0.3, -0.25) is 14.4 Å². The summed E-state index contributed by atoms with van der Waals surface area (Å²) in [5.74, 6) is -0.107. The molecule has 1 aromatic carbocycles. The number of hydrogen-bond donors (Lipinski definition) is 1. The number of aryl methyl sites for hydroxylation is 1. The van der Waals surface area contributed by atoms with Crippen LogP contribution in [-0.4, -0.2) is 43.3 Å². The highest BCUT2D eigenvalue weighted by Crippen LogP contribution is 2.18. The number of pyridine rings is 1. The summed E-state index contributed by atoms with van der Waals surface area (Å²) in [7, 11) is 1.69. The molecule has 8 heteroatoms. The second-order valence-electron chi connectivity index (χ2n) is 11.0. The van der Waals surface area contributed by atoms with Gasteiger partial charge in [0.25, 0.3) is 0 Å². The van der Waals surface area contributed by atoms with E-state index in [0.717, 1.165) is 102 Å². The van der Waals surface area contributed by atoms with Crippen LogP contribution < -0.4 is 9.30 Å². The zero-order chi connectivity index (χ0) is 30.3. The Morgan fingerprint density at radius 2 is 1.19 bits per heavy atom. The fourth-order valence-electron chi connectivity index (χ4n) is 4.99. The summed E-state index contributed by atoms with van der Waals surface area (Å²) in [6.45, 7) is 1.91. The van der Waals surface area contributed by atoms with E-state index in [2.05, 4.69) is 35.0 Å². The zero-order valence-corrected chi connectivity index (χ0v) is 25.7. The molecular weight excluding hydrogens is 534 g/mol. The fraction of sp³-hybridized carbons (Fsp3) is 0.647. The van der Waals surface area contributed by atoms with Crippen molar-refractivity contribution in [3.8, 4) is 5.75 Å². The lowest BCUT2D eigenvalue weighted by Gasteiger charge is -2.06. The Hall–Kier alpha value is -3.16. The second-order valence-corrected chi connectivity index (χ2v) is 11.0. The van der Waals surface area contributed by atoms with Gasteiger partial charge in [-0.2, -0.15) is 4.57 Å². The number of aromatic nitrogens is 1. The minimum atomic E-state index is -0.744. The Kier molecular flexibility index (Phi) is 18.7. The average molecular weight is 587 g/mol. The number of methoxy groups -OCH3 is 1. The van der Waals surface area contributed by atoms with Gasteiger partial charge in [0.05, 0.1) is 25.7 Å². The van der Waals surface area contributed by atoms with Crippen LogP contribution in [0.3, 0.4) is 0 Å². The van der Waals surface area contributed by atoms with Crippen molar-refractivity contribution in [1.82, 2.24) is 0 Å². The maximum atomic E-state index is 12.0. The van der Waals surface area contributed by atoms with Crippen LogP contribution in [0.1, 0.15) is 116 Å². The molecule has 42 heavy (non-hydrogen) atoms. The van der Waals surface area contributed by atoms with Gasteiger partial charge < -0.3 is 19.3 Å². The van der Waals surface area contributed by atoms with Crippen molar-refractivity contribution >= 4 is 28.8 Å². The minimum absolute atomic E-state index is 0.0975. The molecular formula is C34H52NO7+. The Morgan fingerprint density at radius 3 is 1.76 bits per heavy atom. The van der Waals surface area contributed by atoms with Crippen LogP contribution in [0.5, 0.6) is 5.75 Å². The molecule has 0 atom stereocenters. The molecule has 2 rings (SSSR count). The molecule has 0 aliphatic heterocycles. The molecule has 0 spiro atoms. The van der Waals surface area contributed by atoms with Crippen molar-refractivity contribution in [1.29, 1.82) is 0 Å². The van der Waals surface area contributed by atoms with E-state index < -0.39 is 5.97 Å². The molecule has 1 heterocycles. The van der Waals surface area contributed by atoms with E-state index in [9.17, 15) is 14.4 Å². The van der Waals surface area contributed by atoms with Crippen LogP contribution in [0.4, 0.5) is 0 Å². The number of ether oxygens (including phenoxy) is 3. The van der Waals surface area contributed by atoms with Crippen molar-refractivity contribution in [3.63, 3.8) is 0 Å². The summed E-state index contributed by atoms with van der Waals surface area (Å²) in [4.78, 5) is 34.2. The van der Waals surface area contributed by atoms with E-state index in [1.807, 2.05) is 6.07 Å². The predicted octanol–water partition coefficient (Wildman–Crippen LogP) is 7.33. The first-order valence-electron chi connectivity index (χ1n) is 16.0. The van der Waals surface area contributed by atoms with Crippen LogP contribution in [0.2, 0.25) is 0 Å². The van der Waals surface area contributed by atoms with Crippen LogP contribution in [0.25, 0.3) is 10.9 Å². The van der Waals surface area contributed by atoms with Crippen molar-refractivity contribution < 1.29 is 38.3 Å². The van der Waals surface area contributed by atoms with Crippen molar-refractivity contribution in [3.05, 3.63) is 36.5 Å². The Balaban J connectivity index is 1.34. The average Bonchev–Trinajstić information content (AvgIpc) is 2.98. The van der Waals surface area contributed by atoms with Gasteiger partial charge in [-0.1, -0.05) is 51.4 Å². The van der Waals surface area contributed by atoms with Gasteiger partial charge in [0.2, 0.25) is 5.52 Å². The van der Waals surface area contributed by atoms with Crippen LogP contribution in [0, 0.1) is 0 Å². The molecule has 0 unspecified atom stereocenters. The van der Waals surface area contributed by atoms with E-state index in [1.54, 1.807) is 7.11 Å². The molecule has 0 aliphatic carbocycles. The van der Waals surface area contributed by atoms with Gasteiger partial charge in [-0.05, 0) is 56.7 Å². The van der Waals surface area contributed by atoms with E-state index in [1.165, 1.54) is 10.9 Å². The lowest BCUT2D eigenvalue weighted by molar-refractivity contribution is -0.671. The summed E-state index contributed by atoms with van der Waals surface area (Å²) in [6.07, 6.45) is 17.7. The SMILES string of the molecule is COc1ccc2c(ccc[n+]2CCCCCCCC(=O)OCCCCCCCC(=O)OCCCCCCCC(=O)O)c1. The molecule has 8 nitrogen and oxygen atoms in total. The van der Waals surface area contributed by atoms with Gasteiger partial charge in [0.15, 0.2) is 6.20 Å². The summed E-state index contributed by atoms with van der Waals surface area (Å²) in [6, 6.07) is 10.4. The topological polar surface area (TPSA) is 103 Å². The highest BCUT2D eigenvalue weighted by molar-refractivity contribution is 5.77. The number of carboxylic acid groups (broad SMARTS) is 1. The van der Waals surface area contributed by atoms with Gasteiger partial charge in [0, 0.05) is 37.8 Å². The van der Waals surface area contributed by atoms with Crippen molar-refractivity contribution in [2.45, 2.75) is 122 Å². The zero-order valence-electron chi connectivity index (χ0n) is 25.7. The Labute approximate surface area is 251 Å². The minimum Gasteiger partial charge on any atom is -0.497 e. The molecule has 2 aromatic rings. The molecule has 0 radical (unpaired) electrons. The summed E-state index contributed by atoms with van der Waals surface area (Å²) >= 11 is 0. The largest absolute Gasteiger partial charge is 0.497 e. The first-order chi connectivity index (χ1) is 20.5. The summed E-state index contributed by atoms with van der Waals surface area (Å²) in [5, 5.41) is 9.78. The van der Waals surface area contributed by atoms with E-state index in [0.29, 0.717) is 32.5 Å². The van der Waals surface area contributed by atoms with Crippen molar-refractivity contribution in [2.75, 3.05) is 20.3 Å². The number of benzene rings is 1. The number of aliphatic carboxylic acids is 1. The Bertz CT molecular complexity index is 1060. The third-order valence-electron chi connectivity index (χ3n) is 7.45. The monoisotopic (exact) mass is 586 g/mol. The van der Waals surface area contributed by atoms with Crippen LogP contribution in [0.15, 0.2) is 36.5 Å². The van der Waals surface area contributed by atoms with Gasteiger partial charge in [-0.15, -0.1) is 0 Å². The smallest absolute Gasteiger partial charge is 0.305 e. The van der Waals surface area contributed by atoms with E-state index in [-0.39, 0.29) is 18.4 Å². The molecule has 234 valence electrons. The number of nitrogens with zero attached hydrogens (tertiary/aromatic N) is 1. The Morgan fingerprint density at radius 1 is 0.667 bits per heavy atom. The first-order valence-corrected chi connectivity index (χ1v) is 16.0. The number of rotatable bonds is 25. The molecule has 0 aliphatic rings. The lowest BCUT2D eigenvalue weighted by Crippen LogP contribution is -2.33. The predicted molar refractivity (Wildman–Crippen MR) is 163 cm³/mol. The first kappa shape index (κ1) is 35.0. The highest BCUT2D eigenvalue weighted by atomic mass is 16.5. The van der Waals surface area contributed by atoms with Gasteiger partial charge in [-0.25, -0.2) is 0 Å². The number of carboxylic acids is 1. The molecule has 0 bridgehead atoms. The molecule has 1 N–H and O–H groups in total. The lowest BCUT2D eigenvalue weighted by atomic mass is 10.1. The van der Waals surface area contributed by atoms with Crippen LogP contribution >= 0.6 is 0 Å². The summed E-state index contributed by atoms with van der Waals surface area (Å²) < 4.78 is 18.3. The summed E-state index contributed by atoms with van der Waals surface area (Å²) in [5.41, 5.74) is 1.22. The van der Waals surface area contributed by atoms with Gasteiger partial charge >= 0.3 is 17.9 Å². The van der Waals surface area contributed by atoms with Crippen LogP contribution in [-0.2, 0) is 30.4 Å². The van der Waals surface area contributed by atoms with Crippen molar-refractivity contribution in [2.24, 2.45) is 0 Å². The molecule has 0 saturated carbocycles. The quantitative estimate of drug-likeness (QED) is 0.0738. The maximum Gasteiger partial charge on any atom is 0.305 e. The van der Waals surface area contributed by atoms with E-state index >= 15 is 0 Å². The number of fused-ring (bicyclic) bond motifs is 1. The third kappa shape index (κ3) is 16.3. The maximum absolute atomic E-state index is 12.0. The highest BCUT2D eigenvalue weighted by Gasteiger charge is 2.09. The number of carbonyl (C=O) groups excluding carboxylic acids is 2. The fourth-order valence-corrected chi connectivity index (χ4v) is 4.99. The molecule has 0 fully saturated rings. The number of hydrogen-bond acceptors (Lipinski definition) is 6. The molecule has 0 saturated heterocycles. The number of carbonyl (C=O) groups is 3. The second kappa shape index (κ2) is 22.4. The number of esters is 2. The normalized spacial score (nSPS) is 11.0. The molecule has 0 amide bonds. The number of unbranched alkanes of at least 4 members (excludes halogenated alkanes) is 12. The molecule has 1 aromatic heterocycles. The van der Waals surface area contributed by atoms with Gasteiger partial charge in [0.1, 0.15) is 12.3 Å².